The first-order valence-electron chi connectivity index (χ1n) is 6.98. The van der Waals surface area contributed by atoms with E-state index in [1.807, 2.05) is 19.4 Å². The van der Waals surface area contributed by atoms with Crippen LogP contribution in [0.15, 0.2) is 29.8 Å². The summed E-state index contributed by atoms with van der Waals surface area (Å²) in [7, 11) is 0. The Labute approximate surface area is 129 Å². The molecule has 21 heavy (non-hydrogen) atoms. The summed E-state index contributed by atoms with van der Waals surface area (Å²) >= 11 is 1.66. The van der Waals surface area contributed by atoms with Crippen molar-refractivity contribution in [3.8, 4) is 0 Å². The smallest absolute Gasteiger partial charge is 0.305 e. The molecule has 0 saturated carbocycles. The minimum absolute atomic E-state index is 0.148. The van der Waals surface area contributed by atoms with Gasteiger partial charge < -0.3 is 10.0 Å². The number of thiazole rings is 1. The first kappa shape index (κ1) is 15.5. The molecule has 2 aromatic rings. The largest absolute Gasteiger partial charge is 0.481 e. The molecule has 0 fully saturated rings. The first-order valence-corrected chi connectivity index (χ1v) is 7.86. The van der Waals surface area contributed by atoms with E-state index in [4.69, 9.17) is 5.11 Å². The Morgan fingerprint density at radius 2 is 1.95 bits per heavy atom. The highest BCUT2D eigenvalue weighted by molar-refractivity contribution is 7.09. The Morgan fingerprint density at radius 1 is 1.24 bits per heavy atom. The molecule has 0 bridgehead atoms. The van der Waals surface area contributed by atoms with Crippen LogP contribution in [0.1, 0.15) is 22.6 Å². The molecular formula is C16H20N2O2S. The molecule has 1 heterocycles. The van der Waals surface area contributed by atoms with Gasteiger partial charge in [-0.2, -0.15) is 0 Å². The quantitative estimate of drug-likeness (QED) is 0.853. The maximum Gasteiger partial charge on any atom is 0.305 e. The average Bonchev–Trinajstić information content (AvgIpc) is 2.85. The van der Waals surface area contributed by atoms with Crippen molar-refractivity contribution in [2.24, 2.45) is 0 Å². The van der Waals surface area contributed by atoms with Crippen LogP contribution in [-0.2, 0) is 11.2 Å². The third kappa shape index (κ3) is 4.56. The van der Waals surface area contributed by atoms with Crippen molar-refractivity contribution in [2.75, 3.05) is 18.0 Å². The number of aryl methyl sites for hydroxylation is 2. The third-order valence-corrected chi connectivity index (χ3v) is 4.44. The number of carboxylic acids is 1. The van der Waals surface area contributed by atoms with Gasteiger partial charge in [-0.3, -0.25) is 4.79 Å². The molecule has 1 aromatic heterocycles. The molecule has 5 heteroatoms. The zero-order valence-electron chi connectivity index (χ0n) is 12.4. The molecule has 1 aromatic carbocycles. The summed E-state index contributed by atoms with van der Waals surface area (Å²) < 4.78 is 0. The molecular weight excluding hydrogens is 284 g/mol. The molecule has 0 aliphatic rings. The van der Waals surface area contributed by atoms with E-state index in [1.54, 1.807) is 11.3 Å². The van der Waals surface area contributed by atoms with Crippen LogP contribution in [0.2, 0.25) is 0 Å². The number of nitrogens with zero attached hydrogens (tertiary/aromatic N) is 2. The van der Waals surface area contributed by atoms with Gasteiger partial charge in [-0.1, -0.05) is 17.7 Å². The lowest BCUT2D eigenvalue weighted by atomic mass is 10.2. The lowest BCUT2D eigenvalue weighted by Gasteiger charge is -2.24. The topological polar surface area (TPSA) is 53.4 Å². The van der Waals surface area contributed by atoms with Gasteiger partial charge in [-0.15, -0.1) is 11.3 Å². The number of rotatable bonds is 7. The van der Waals surface area contributed by atoms with Crippen LogP contribution in [0.5, 0.6) is 0 Å². The minimum atomic E-state index is -0.763. The fourth-order valence-corrected chi connectivity index (χ4v) is 2.93. The highest BCUT2D eigenvalue weighted by atomic mass is 32.1. The van der Waals surface area contributed by atoms with Crippen LogP contribution in [0, 0.1) is 13.8 Å². The second kappa shape index (κ2) is 7.22. The SMILES string of the molecule is Cc1ccc(N(CCC(=O)O)CCc2scnc2C)cc1. The standard InChI is InChI=1S/C16H20N2O2S/c1-12-3-5-14(6-4-12)18(10-8-16(19)20)9-7-15-13(2)17-11-21-15/h3-6,11H,7-10H2,1-2H3,(H,19,20). The lowest BCUT2D eigenvalue weighted by molar-refractivity contribution is -0.136. The molecule has 0 spiro atoms. The van der Waals surface area contributed by atoms with Crippen molar-refractivity contribution < 1.29 is 9.90 Å². The van der Waals surface area contributed by atoms with E-state index in [2.05, 4.69) is 34.1 Å². The molecule has 0 radical (unpaired) electrons. The van der Waals surface area contributed by atoms with Gasteiger partial charge in [0.05, 0.1) is 17.6 Å². The molecule has 0 aliphatic carbocycles. The van der Waals surface area contributed by atoms with Crippen molar-refractivity contribution in [1.82, 2.24) is 4.98 Å². The van der Waals surface area contributed by atoms with Crippen molar-refractivity contribution in [3.05, 3.63) is 45.9 Å². The predicted octanol–water partition coefficient (Wildman–Crippen LogP) is 3.28. The second-order valence-corrected chi connectivity index (χ2v) is 6.02. The summed E-state index contributed by atoms with van der Waals surface area (Å²) in [6.07, 6.45) is 1.04. The Bertz CT molecular complexity index is 593. The maximum absolute atomic E-state index is 10.8. The van der Waals surface area contributed by atoms with E-state index in [1.165, 1.54) is 10.4 Å². The third-order valence-electron chi connectivity index (χ3n) is 3.45. The van der Waals surface area contributed by atoms with Crippen LogP contribution in [-0.4, -0.2) is 29.1 Å². The van der Waals surface area contributed by atoms with E-state index < -0.39 is 5.97 Å². The number of carbonyl (C=O) groups is 1. The van der Waals surface area contributed by atoms with Gasteiger partial charge in [0, 0.05) is 30.1 Å². The summed E-state index contributed by atoms with van der Waals surface area (Å²) in [6, 6.07) is 8.22. The van der Waals surface area contributed by atoms with Crippen LogP contribution >= 0.6 is 11.3 Å². The number of hydrogen-bond acceptors (Lipinski definition) is 4. The molecule has 0 unspecified atom stereocenters. The highest BCUT2D eigenvalue weighted by Crippen LogP contribution is 2.18. The van der Waals surface area contributed by atoms with Crippen molar-refractivity contribution in [2.45, 2.75) is 26.7 Å². The average molecular weight is 304 g/mol. The van der Waals surface area contributed by atoms with Gasteiger partial charge in [-0.05, 0) is 26.0 Å². The fourth-order valence-electron chi connectivity index (χ4n) is 2.16. The first-order chi connectivity index (χ1) is 10.1. The molecule has 0 atom stereocenters. The van der Waals surface area contributed by atoms with Gasteiger partial charge in [0.2, 0.25) is 0 Å². The Hall–Kier alpha value is -1.88. The van der Waals surface area contributed by atoms with Crippen molar-refractivity contribution >= 4 is 23.0 Å². The molecule has 4 nitrogen and oxygen atoms in total. The Balaban J connectivity index is 2.06. The molecule has 2 rings (SSSR count). The van der Waals surface area contributed by atoms with E-state index in [9.17, 15) is 4.79 Å². The summed E-state index contributed by atoms with van der Waals surface area (Å²) in [5.74, 6) is -0.763. The van der Waals surface area contributed by atoms with Gasteiger partial charge in [0.15, 0.2) is 0 Å². The normalized spacial score (nSPS) is 10.6. The lowest BCUT2D eigenvalue weighted by Crippen LogP contribution is -2.28. The van der Waals surface area contributed by atoms with Crippen molar-refractivity contribution in [1.29, 1.82) is 0 Å². The Morgan fingerprint density at radius 3 is 2.52 bits per heavy atom. The van der Waals surface area contributed by atoms with E-state index >= 15 is 0 Å². The van der Waals surface area contributed by atoms with Crippen LogP contribution in [0.4, 0.5) is 5.69 Å². The molecule has 112 valence electrons. The number of benzene rings is 1. The minimum Gasteiger partial charge on any atom is -0.481 e. The number of aliphatic carboxylic acids is 1. The van der Waals surface area contributed by atoms with Crippen molar-refractivity contribution in [3.63, 3.8) is 0 Å². The number of hydrogen-bond donors (Lipinski definition) is 1. The predicted molar refractivity (Wildman–Crippen MR) is 86.2 cm³/mol. The second-order valence-electron chi connectivity index (χ2n) is 5.08. The van der Waals surface area contributed by atoms with E-state index in [0.29, 0.717) is 6.54 Å². The monoisotopic (exact) mass is 304 g/mol. The molecule has 1 N–H and O–H groups in total. The summed E-state index contributed by atoms with van der Waals surface area (Å²) in [5, 5.41) is 8.92. The maximum atomic E-state index is 10.8. The van der Waals surface area contributed by atoms with E-state index in [0.717, 1.165) is 24.3 Å². The van der Waals surface area contributed by atoms with Crippen LogP contribution in [0.25, 0.3) is 0 Å². The van der Waals surface area contributed by atoms with Crippen LogP contribution < -0.4 is 4.90 Å². The van der Waals surface area contributed by atoms with E-state index in [-0.39, 0.29) is 6.42 Å². The van der Waals surface area contributed by atoms with Gasteiger partial charge in [0.25, 0.3) is 0 Å². The number of carboxylic acid groups (broad SMARTS) is 1. The number of aromatic nitrogens is 1. The molecule has 0 aliphatic heterocycles. The van der Waals surface area contributed by atoms with Crippen LogP contribution in [0.3, 0.4) is 0 Å². The van der Waals surface area contributed by atoms with Gasteiger partial charge in [0.1, 0.15) is 0 Å². The van der Waals surface area contributed by atoms with Gasteiger partial charge >= 0.3 is 5.97 Å². The highest BCUT2D eigenvalue weighted by Gasteiger charge is 2.10. The molecule has 0 saturated heterocycles. The summed E-state index contributed by atoms with van der Waals surface area (Å²) in [5.41, 5.74) is 5.21. The van der Waals surface area contributed by atoms with Gasteiger partial charge in [-0.25, -0.2) is 4.98 Å². The Kier molecular flexibility index (Phi) is 5.33. The molecule has 0 amide bonds. The summed E-state index contributed by atoms with van der Waals surface area (Å²) in [4.78, 5) is 18.5. The zero-order valence-corrected chi connectivity index (χ0v) is 13.2. The number of anilines is 1. The fraction of sp³-hybridized carbons (Fsp3) is 0.375. The summed E-state index contributed by atoms with van der Waals surface area (Å²) in [6.45, 7) is 5.39. The zero-order chi connectivity index (χ0) is 15.2.